The minimum absolute atomic E-state index is 0.695. The summed E-state index contributed by atoms with van der Waals surface area (Å²) in [6, 6.07) is 7.50. The molecule has 0 amide bonds. The molecule has 0 aliphatic carbocycles. The predicted octanol–water partition coefficient (Wildman–Crippen LogP) is 2.21. The number of carbonyl (C=O) groups excluding carboxylic acids is 1. The molecule has 0 spiro atoms. The number of carbonyl (C=O) groups is 1. The van der Waals surface area contributed by atoms with Crippen LogP contribution in [-0.4, -0.2) is 16.1 Å². The average Bonchev–Trinajstić information content (AvgIpc) is 2.60. The van der Waals surface area contributed by atoms with Gasteiger partial charge in [0.1, 0.15) is 6.29 Å². The van der Waals surface area contributed by atoms with Gasteiger partial charge < -0.3 is 0 Å². The van der Waals surface area contributed by atoms with Crippen LogP contribution >= 0.6 is 0 Å². The Balaban J connectivity index is 2.45. The summed E-state index contributed by atoms with van der Waals surface area (Å²) in [6.07, 6.45) is 2.69. The minimum Gasteiger partial charge on any atom is -0.298 e. The molecular weight excluding hydrogens is 188 g/mol. The summed E-state index contributed by atoms with van der Waals surface area (Å²) in [5.41, 5.74) is 4.01. The van der Waals surface area contributed by atoms with Gasteiger partial charge in [-0.3, -0.25) is 9.48 Å². The van der Waals surface area contributed by atoms with Gasteiger partial charge in [-0.15, -0.1) is 0 Å². The highest BCUT2D eigenvalue weighted by Crippen LogP contribution is 2.22. The van der Waals surface area contributed by atoms with Crippen LogP contribution in [0.5, 0.6) is 0 Å². The zero-order valence-electron chi connectivity index (χ0n) is 8.77. The van der Waals surface area contributed by atoms with Crippen LogP contribution in [0.2, 0.25) is 0 Å². The van der Waals surface area contributed by atoms with Gasteiger partial charge in [-0.2, -0.15) is 5.10 Å². The second-order valence-corrected chi connectivity index (χ2v) is 3.51. The molecule has 15 heavy (non-hydrogen) atoms. The summed E-state index contributed by atoms with van der Waals surface area (Å²) >= 11 is 0. The predicted molar refractivity (Wildman–Crippen MR) is 58.8 cm³/mol. The van der Waals surface area contributed by atoms with Crippen molar-refractivity contribution < 1.29 is 4.79 Å². The maximum absolute atomic E-state index is 10.5. The lowest BCUT2D eigenvalue weighted by molar-refractivity contribution is 0.112. The van der Waals surface area contributed by atoms with E-state index >= 15 is 0 Å². The zero-order chi connectivity index (χ0) is 10.8. The second kappa shape index (κ2) is 3.69. The van der Waals surface area contributed by atoms with Crippen LogP contribution in [0.15, 0.2) is 30.5 Å². The lowest BCUT2D eigenvalue weighted by Gasteiger charge is -2.00. The molecule has 1 aromatic carbocycles. The SMILES string of the molecule is Cc1c(-c2ccc(C=O)cc2)cnn1C. The van der Waals surface area contributed by atoms with E-state index in [1.165, 1.54) is 0 Å². The minimum atomic E-state index is 0.695. The third-order valence-corrected chi connectivity index (χ3v) is 2.59. The first-order valence-corrected chi connectivity index (χ1v) is 4.76. The summed E-state index contributed by atoms with van der Waals surface area (Å²) in [4.78, 5) is 10.5. The van der Waals surface area contributed by atoms with E-state index in [2.05, 4.69) is 5.10 Å². The largest absolute Gasteiger partial charge is 0.298 e. The van der Waals surface area contributed by atoms with Gasteiger partial charge in [0.2, 0.25) is 0 Å². The van der Waals surface area contributed by atoms with Gasteiger partial charge in [0, 0.05) is 23.9 Å². The molecule has 76 valence electrons. The van der Waals surface area contributed by atoms with E-state index in [1.807, 2.05) is 49.1 Å². The molecule has 0 unspecified atom stereocenters. The Morgan fingerprint density at radius 3 is 2.40 bits per heavy atom. The lowest BCUT2D eigenvalue weighted by Crippen LogP contribution is -1.92. The molecular formula is C12H12N2O. The van der Waals surface area contributed by atoms with E-state index in [9.17, 15) is 4.79 Å². The molecule has 0 N–H and O–H groups in total. The number of aryl methyl sites for hydroxylation is 1. The van der Waals surface area contributed by atoms with Gasteiger partial charge in [-0.25, -0.2) is 0 Å². The Morgan fingerprint density at radius 1 is 1.27 bits per heavy atom. The van der Waals surface area contributed by atoms with Crippen LogP contribution in [0.4, 0.5) is 0 Å². The average molecular weight is 200 g/mol. The number of hydrogen-bond acceptors (Lipinski definition) is 2. The quantitative estimate of drug-likeness (QED) is 0.696. The molecule has 1 heterocycles. The van der Waals surface area contributed by atoms with E-state index in [4.69, 9.17) is 0 Å². The molecule has 2 aromatic rings. The van der Waals surface area contributed by atoms with Gasteiger partial charge >= 0.3 is 0 Å². The van der Waals surface area contributed by atoms with Crippen molar-refractivity contribution in [3.63, 3.8) is 0 Å². The van der Waals surface area contributed by atoms with Gasteiger partial charge in [-0.05, 0) is 12.5 Å². The molecule has 0 aliphatic heterocycles. The molecule has 0 saturated heterocycles. The summed E-state index contributed by atoms with van der Waals surface area (Å²) < 4.78 is 1.84. The molecule has 0 fully saturated rings. The van der Waals surface area contributed by atoms with Crippen molar-refractivity contribution in [2.24, 2.45) is 7.05 Å². The van der Waals surface area contributed by atoms with Gasteiger partial charge in [0.15, 0.2) is 0 Å². The fourth-order valence-electron chi connectivity index (χ4n) is 1.52. The van der Waals surface area contributed by atoms with Crippen LogP contribution in [0, 0.1) is 6.92 Å². The molecule has 0 aliphatic rings. The van der Waals surface area contributed by atoms with Crippen LogP contribution in [-0.2, 0) is 7.05 Å². The topological polar surface area (TPSA) is 34.9 Å². The first-order valence-electron chi connectivity index (χ1n) is 4.76. The van der Waals surface area contributed by atoms with Crippen molar-refractivity contribution in [3.05, 3.63) is 41.7 Å². The summed E-state index contributed by atoms with van der Waals surface area (Å²) in [5.74, 6) is 0. The maximum Gasteiger partial charge on any atom is 0.150 e. The van der Waals surface area contributed by atoms with Gasteiger partial charge in [0.25, 0.3) is 0 Å². The smallest absolute Gasteiger partial charge is 0.150 e. The van der Waals surface area contributed by atoms with Crippen molar-refractivity contribution in [3.8, 4) is 11.1 Å². The monoisotopic (exact) mass is 200 g/mol. The van der Waals surface area contributed by atoms with Crippen molar-refractivity contribution in [2.75, 3.05) is 0 Å². The van der Waals surface area contributed by atoms with Crippen molar-refractivity contribution in [1.29, 1.82) is 0 Å². The molecule has 0 bridgehead atoms. The Hall–Kier alpha value is -1.90. The maximum atomic E-state index is 10.5. The standard InChI is InChI=1S/C12H12N2O/c1-9-12(7-13-14(9)2)11-5-3-10(8-15)4-6-11/h3-8H,1-2H3. The van der Waals surface area contributed by atoms with E-state index in [0.29, 0.717) is 5.56 Å². The zero-order valence-corrected chi connectivity index (χ0v) is 8.77. The number of benzene rings is 1. The molecule has 0 atom stereocenters. The van der Waals surface area contributed by atoms with Gasteiger partial charge in [-0.1, -0.05) is 24.3 Å². The molecule has 1 aromatic heterocycles. The normalized spacial score (nSPS) is 10.3. The fourth-order valence-corrected chi connectivity index (χ4v) is 1.52. The fraction of sp³-hybridized carbons (Fsp3) is 0.167. The van der Waals surface area contributed by atoms with Gasteiger partial charge in [0.05, 0.1) is 6.20 Å². The third kappa shape index (κ3) is 1.68. The number of aldehydes is 1. The Labute approximate surface area is 88.4 Å². The van der Waals surface area contributed by atoms with Crippen molar-refractivity contribution in [1.82, 2.24) is 9.78 Å². The van der Waals surface area contributed by atoms with Crippen LogP contribution in [0.3, 0.4) is 0 Å². The highest BCUT2D eigenvalue weighted by atomic mass is 16.1. The summed E-state index contributed by atoms with van der Waals surface area (Å²) in [6.45, 7) is 2.02. The third-order valence-electron chi connectivity index (χ3n) is 2.59. The number of aromatic nitrogens is 2. The lowest BCUT2D eigenvalue weighted by atomic mass is 10.1. The van der Waals surface area contributed by atoms with Crippen molar-refractivity contribution >= 4 is 6.29 Å². The van der Waals surface area contributed by atoms with Crippen molar-refractivity contribution in [2.45, 2.75) is 6.92 Å². The second-order valence-electron chi connectivity index (χ2n) is 3.51. The van der Waals surface area contributed by atoms with Crippen LogP contribution < -0.4 is 0 Å². The summed E-state index contributed by atoms with van der Waals surface area (Å²) in [5, 5.41) is 4.18. The molecule has 3 heteroatoms. The Kier molecular flexibility index (Phi) is 2.37. The van der Waals surface area contributed by atoms with Crippen LogP contribution in [0.1, 0.15) is 16.1 Å². The number of hydrogen-bond donors (Lipinski definition) is 0. The number of nitrogens with zero attached hydrogens (tertiary/aromatic N) is 2. The molecule has 0 saturated carbocycles. The molecule has 0 radical (unpaired) electrons. The highest BCUT2D eigenvalue weighted by molar-refractivity contribution is 5.77. The van der Waals surface area contributed by atoms with E-state index in [0.717, 1.165) is 23.1 Å². The molecule has 2 rings (SSSR count). The van der Waals surface area contributed by atoms with E-state index in [1.54, 1.807) is 0 Å². The summed E-state index contributed by atoms with van der Waals surface area (Å²) in [7, 11) is 1.92. The molecule has 3 nitrogen and oxygen atoms in total. The van der Waals surface area contributed by atoms with Crippen LogP contribution in [0.25, 0.3) is 11.1 Å². The first kappa shape index (κ1) is 9.65. The Morgan fingerprint density at radius 2 is 1.93 bits per heavy atom. The number of rotatable bonds is 2. The van der Waals surface area contributed by atoms with E-state index < -0.39 is 0 Å². The Bertz CT molecular complexity index is 483. The van der Waals surface area contributed by atoms with E-state index in [-0.39, 0.29) is 0 Å². The first-order chi connectivity index (χ1) is 7.22. The highest BCUT2D eigenvalue weighted by Gasteiger charge is 2.05.